The van der Waals surface area contributed by atoms with Gasteiger partial charge in [0.2, 0.25) is 5.95 Å². The summed E-state index contributed by atoms with van der Waals surface area (Å²) >= 11 is 0. The quantitative estimate of drug-likeness (QED) is 0.802. The molecule has 0 unspecified atom stereocenters. The fourth-order valence-electron chi connectivity index (χ4n) is 2.00. The topological polar surface area (TPSA) is 56.8 Å². The highest BCUT2D eigenvalue weighted by molar-refractivity contribution is 5.61. The van der Waals surface area contributed by atoms with Crippen LogP contribution < -0.4 is 10.2 Å². The Kier molecular flexibility index (Phi) is 2.75. The number of nitrogens with one attached hydrogen (secondary N) is 2. The van der Waals surface area contributed by atoms with Gasteiger partial charge in [-0.2, -0.15) is 0 Å². The number of H-pyrrole nitrogens is 1. The van der Waals surface area contributed by atoms with E-state index in [4.69, 9.17) is 0 Å². The summed E-state index contributed by atoms with van der Waals surface area (Å²) in [5.74, 6) is 0.825. The van der Waals surface area contributed by atoms with E-state index in [9.17, 15) is 0 Å². The number of hydrogen-bond donors (Lipinski definition) is 2. The molecule has 88 valence electrons. The lowest BCUT2D eigenvalue weighted by molar-refractivity contribution is 0.580. The summed E-state index contributed by atoms with van der Waals surface area (Å²) in [4.78, 5) is 14.1. The predicted octanol–water partition coefficient (Wildman–Crippen LogP) is 0.881. The van der Waals surface area contributed by atoms with Crippen LogP contribution in [0, 0.1) is 0 Å². The van der Waals surface area contributed by atoms with Gasteiger partial charge in [0.25, 0.3) is 0 Å². The van der Waals surface area contributed by atoms with E-state index in [-0.39, 0.29) is 0 Å². The highest BCUT2D eigenvalue weighted by atomic mass is 15.3. The molecule has 1 aliphatic rings. The van der Waals surface area contributed by atoms with E-state index in [2.05, 4.69) is 25.2 Å². The lowest BCUT2D eigenvalue weighted by atomic mass is 10.2. The summed E-state index contributed by atoms with van der Waals surface area (Å²) < 4.78 is 0. The number of aromatic nitrogens is 3. The molecule has 2 aromatic rings. The zero-order valence-electron chi connectivity index (χ0n) is 9.56. The van der Waals surface area contributed by atoms with Crippen molar-refractivity contribution in [2.45, 2.75) is 0 Å². The van der Waals surface area contributed by atoms with Crippen molar-refractivity contribution in [3.05, 3.63) is 30.9 Å². The molecule has 2 aromatic heterocycles. The molecule has 5 nitrogen and oxygen atoms in total. The fraction of sp³-hybridized carbons (Fsp3) is 0.333. The van der Waals surface area contributed by atoms with Crippen LogP contribution in [0.5, 0.6) is 0 Å². The number of anilines is 1. The molecular formula is C12H15N5. The maximum atomic E-state index is 4.43. The van der Waals surface area contributed by atoms with Gasteiger partial charge in [0, 0.05) is 62.1 Å². The number of piperazine rings is 1. The summed E-state index contributed by atoms with van der Waals surface area (Å²) in [6.07, 6.45) is 7.61. The summed E-state index contributed by atoms with van der Waals surface area (Å²) in [7, 11) is 0. The van der Waals surface area contributed by atoms with Gasteiger partial charge in [-0.05, 0) is 6.07 Å². The van der Waals surface area contributed by atoms with Crippen molar-refractivity contribution in [1.29, 1.82) is 0 Å². The second-order valence-corrected chi connectivity index (χ2v) is 4.11. The van der Waals surface area contributed by atoms with Gasteiger partial charge in [-0.3, -0.25) is 0 Å². The minimum Gasteiger partial charge on any atom is -0.367 e. The maximum Gasteiger partial charge on any atom is 0.225 e. The Morgan fingerprint density at radius 1 is 1.06 bits per heavy atom. The fourth-order valence-corrected chi connectivity index (χ4v) is 2.00. The first kappa shape index (κ1) is 10.3. The highest BCUT2D eigenvalue weighted by Gasteiger charge is 2.12. The average molecular weight is 229 g/mol. The number of rotatable bonds is 2. The van der Waals surface area contributed by atoms with Gasteiger partial charge in [-0.1, -0.05) is 0 Å². The monoisotopic (exact) mass is 229 g/mol. The Morgan fingerprint density at radius 3 is 2.47 bits per heavy atom. The van der Waals surface area contributed by atoms with Crippen LogP contribution in [-0.4, -0.2) is 41.1 Å². The molecule has 3 rings (SSSR count). The molecule has 0 spiro atoms. The second-order valence-electron chi connectivity index (χ2n) is 4.11. The van der Waals surface area contributed by atoms with Crippen LogP contribution in [0.1, 0.15) is 0 Å². The number of aromatic amines is 1. The number of hydrogen-bond acceptors (Lipinski definition) is 4. The van der Waals surface area contributed by atoms with Crippen molar-refractivity contribution in [2.24, 2.45) is 0 Å². The number of nitrogens with zero attached hydrogens (tertiary/aromatic N) is 3. The van der Waals surface area contributed by atoms with Crippen molar-refractivity contribution in [3.8, 4) is 11.1 Å². The summed E-state index contributed by atoms with van der Waals surface area (Å²) in [6.45, 7) is 3.96. The molecular weight excluding hydrogens is 214 g/mol. The van der Waals surface area contributed by atoms with Crippen LogP contribution in [0.2, 0.25) is 0 Å². The third-order valence-electron chi connectivity index (χ3n) is 2.97. The molecule has 0 bridgehead atoms. The van der Waals surface area contributed by atoms with Gasteiger partial charge >= 0.3 is 0 Å². The van der Waals surface area contributed by atoms with Crippen molar-refractivity contribution >= 4 is 5.95 Å². The molecule has 0 atom stereocenters. The SMILES string of the molecule is c1cc(-c2cnc(N3CCNCC3)nc2)c[nH]1. The minimum absolute atomic E-state index is 0.825. The van der Waals surface area contributed by atoms with E-state index in [1.165, 1.54) is 0 Å². The largest absolute Gasteiger partial charge is 0.367 e. The maximum absolute atomic E-state index is 4.43. The molecule has 1 fully saturated rings. The highest BCUT2D eigenvalue weighted by Crippen LogP contribution is 2.18. The van der Waals surface area contributed by atoms with Gasteiger partial charge < -0.3 is 15.2 Å². The molecule has 5 heteroatoms. The standard InChI is InChI=1S/C12H15N5/c1-2-14-7-10(1)11-8-15-12(16-9-11)17-5-3-13-4-6-17/h1-2,7-9,13-14H,3-6H2. The first-order chi connectivity index (χ1) is 8.43. The molecule has 1 aliphatic heterocycles. The van der Waals surface area contributed by atoms with Crippen LogP contribution in [-0.2, 0) is 0 Å². The summed E-state index contributed by atoms with van der Waals surface area (Å²) in [5, 5.41) is 3.32. The Morgan fingerprint density at radius 2 is 1.82 bits per heavy atom. The third kappa shape index (κ3) is 2.14. The zero-order chi connectivity index (χ0) is 11.5. The summed E-state index contributed by atoms with van der Waals surface area (Å²) in [6, 6.07) is 2.02. The van der Waals surface area contributed by atoms with E-state index in [1.807, 2.05) is 30.9 Å². The van der Waals surface area contributed by atoms with Crippen molar-refractivity contribution < 1.29 is 0 Å². The van der Waals surface area contributed by atoms with Gasteiger partial charge in [0.05, 0.1) is 0 Å². The smallest absolute Gasteiger partial charge is 0.225 e. The Hall–Kier alpha value is -1.88. The zero-order valence-corrected chi connectivity index (χ0v) is 9.56. The Labute approximate surface area is 99.9 Å². The van der Waals surface area contributed by atoms with Crippen molar-refractivity contribution in [3.63, 3.8) is 0 Å². The van der Waals surface area contributed by atoms with Crippen LogP contribution >= 0.6 is 0 Å². The lowest BCUT2D eigenvalue weighted by Gasteiger charge is -2.27. The van der Waals surface area contributed by atoms with Gasteiger partial charge in [-0.15, -0.1) is 0 Å². The van der Waals surface area contributed by atoms with Gasteiger partial charge in [-0.25, -0.2) is 9.97 Å². The molecule has 0 radical (unpaired) electrons. The Balaban J connectivity index is 1.80. The molecule has 2 N–H and O–H groups in total. The van der Waals surface area contributed by atoms with E-state index in [0.29, 0.717) is 0 Å². The molecule has 0 aromatic carbocycles. The van der Waals surface area contributed by atoms with E-state index >= 15 is 0 Å². The summed E-state index contributed by atoms with van der Waals surface area (Å²) in [5.41, 5.74) is 2.17. The molecule has 0 amide bonds. The molecule has 17 heavy (non-hydrogen) atoms. The van der Waals surface area contributed by atoms with Crippen LogP contribution in [0.25, 0.3) is 11.1 Å². The van der Waals surface area contributed by atoms with E-state index in [1.54, 1.807) is 0 Å². The van der Waals surface area contributed by atoms with Crippen molar-refractivity contribution in [1.82, 2.24) is 20.3 Å². The van der Waals surface area contributed by atoms with Crippen LogP contribution in [0.4, 0.5) is 5.95 Å². The van der Waals surface area contributed by atoms with Crippen molar-refractivity contribution in [2.75, 3.05) is 31.1 Å². The first-order valence-corrected chi connectivity index (χ1v) is 5.84. The van der Waals surface area contributed by atoms with Gasteiger partial charge in [0.15, 0.2) is 0 Å². The average Bonchev–Trinajstić information content (AvgIpc) is 2.94. The Bertz CT molecular complexity index is 456. The second kappa shape index (κ2) is 4.55. The predicted molar refractivity (Wildman–Crippen MR) is 66.9 cm³/mol. The van der Waals surface area contributed by atoms with Gasteiger partial charge in [0.1, 0.15) is 0 Å². The van der Waals surface area contributed by atoms with Crippen LogP contribution in [0.3, 0.4) is 0 Å². The molecule has 1 saturated heterocycles. The molecule has 0 aliphatic carbocycles. The third-order valence-corrected chi connectivity index (χ3v) is 2.97. The first-order valence-electron chi connectivity index (χ1n) is 5.84. The lowest BCUT2D eigenvalue weighted by Crippen LogP contribution is -2.44. The van der Waals surface area contributed by atoms with Crippen LogP contribution in [0.15, 0.2) is 30.9 Å². The van der Waals surface area contributed by atoms with E-state index in [0.717, 1.165) is 43.3 Å². The van der Waals surface area contributed by atoms with E-state index < -0.39 is 0 Å². The minimum atomic E-state index is 0.825. The molecule has 0 saturated carbocycles. The normalized spacial score (nSPS) is 16.1. The molecule has 3 heterocycles.